The monoisotopic (exact) mass is 310 g/mol. The molecule has 4 nitrogen and oxygen atoms in total. The van der Waals surface area contributed by atoms with E-state index in [1.807, 2.05) is 36.0 Å². The molecule has 2 saturated carbocycles. The third kappa shape index (κ3) is 2.38. The molecular formula is C17H18N4S. The number of fused-ring (bicyclic) bond motifs is 2. The van der Waals surface area contributed by atoms with Crippen LogP contribution in [0.15, 0.2) is 29.3 Å². The van der Waals surface area contributed by atoms with Gasteiger partial charge in [-0.3, -0.25) is 4.99 Å². The second-order valence-electron chi connectivity index (χ2n) is 6.37. The Morgan fingerprint density at radius 2 is 2.09 bits per heavy atom. The van der Waals surface area contributed by atoms with E-state index in [2.05, 4.69) is 11.2 Å². The molecule has 5 heteroatoms. The van der Waals surface area contributed by atoms with Crippen molar-refractivity contribution in [1.82, 2.24) is 9.78 Å². The third-order valence-corrected chi connectivity index (χ3v) is 6.01. The fraction of sp³-hybridized carbons (Fsp3) is 0.471. The minimum atomic E-state index is 0.499. The van der Waals surface area contributed by atoms with Gasteiger partial charge in [0.15, 0.2) is 0 Å². The Kier molecular flexibility index (Phi) is 3.34. The van der Waals surface area contributed by atoms with Gasteiger partial charge < -0.3 is 0 Å². The van der Waals surface area contributed by atoms with E-state index >= 15 is 0 Å². The molecule has 4 rings (SSSR count). The van der Waals surface area contributed by atoms with Crippen molar-refractivity contribution in [3.63, 3.8) is 0 Å². The molecule has 2 bridgehead atoms. The van der Waals surface area contributed by atoms with Crippen LogP contribution in [0.25, 0.3) is 10.6 Å². The predicted octanol–water partition coefficient (Wildman–Crippen LogP) is 3.11. The molecule has 0 radical (unpaired) electrons. The Bertz CT molecular complexity index is 793. The molecule has 0 amide bonds. The van der Waals surface area contributed by atoms with Crippen LogP contribution in [-0.4, -0.2) is 15.8 Å². The first-order chi connectivity index (χ1) is 10.7. The van der Waals surface area contributed by atoms with Gasteiger partial charge in [0.05, 0.1) is 17.7 Å². The summed E-state index contributed by atoms with van der Waals surface area (Å²) in [4.78, 5) is 6.00. The van der Waals surface area contributed by atoms with E-state index in [-0.39, 0.29) is 0 Å². The topological polar surface area (TPSA) is 54.0 Å². The first-order valence-electron chi connectivity index (χ1n) is 7.81. The lowest BCUT2D eigenvalue weighted by Crippen LogP contribution is -2.21. The van der Waals surface area contributed by atoms with Crippen LogP contribution in [0.2, 0.25) is 0 Å². The van der Waals surface area contributed by atoms with Gasteiger partial charge in [-0.05, 0) is 43.2 Å². The smallest absolute Gasteiger partial charge is 0.203 e. The number of benzene rings is 1. The zero-order chi connectivity index (χ0) is 15.1. The Morgan fingerprint density at radius 1 is 1.27 bits per heavy atom. The van der Waals surface area contributed by atoms with Crippen LogP contribution in [0.1, 0.15) is 31.2 Å². The fourth-order valence-electron chi connectivity index (χ4n) is 3.78. The van der Waals surface area contributed by atoms with Crippen LogP contribution >= 0.6 is 11.3 Å². The van der Waals surface area contributed by atoms with Gasteiger partial charge in [0, 0.05) is 12.6 Å². The van der Waals surface area contributed by atoms with Crippen molar-refractivity contribution in [2.24, 2.45) is 23.9 Å². The van der Waals surface area contributed by atoms with Gasteiger partial charge in [0.1, 0.15) is 5.01 Å². The molecular weight excluding hydrogens is 292 g/mol. The molecule has 0 aliphatic heterocycles. The summed E-state index contributed by atoms with van der Waals surface area (Å²) in [5.41, 5.74) is 1.73. The summed E-state index contributed by atoms with van der Waals surface area (Å²) >= 11 is 1.64. The van der Waals surface area contributed by atoms with Crippen molar-refractivity contribution >= 4 is 11.3 Å². The van der Waals surface area contributed by atoms with Gasteiger partial charge in [-0.15, -0.1) is 0 Å². The third-order valence-electron chi connectivity index (χ3n) is 4.94. The molecule has 3 unspecified atom stereocenters. The predicted molar refractivity (Wildman–Crippen MR) is 86.0 cm³/mol. The highest BCUT2D eigenvalue weighted by molar-refractivity contribution is 7.12. The van der Waals surface area contributed by atoms with Gasteiger partial charge in [-0.1, -0.05) is 29.9 Å². The van der Waals surface area contributed by atoms with Gasteiger partial charge in [0.25, 0.3) is 0 Å². The van der Waals surface area contributed by atoms with Gasteiger partial charge in [0.2, 0.25) is 4.80 Å². The van der Waals surface area contributed by atoms with E-state index < -0.39 is 0 Å². The summed E-state index contributed by atoms with van der Waals surface area (Å²) in [5.74, 6) is 1.71. The van der Waals surface area contributed by atoms with E-state index in [1.54, 1.807) is 11.3 Å². The Hall–Kier alpha value is -1.93. The zero-order valence-electron chi connectivity index (χ0n) is 12.6. The summed E-state index contributed by atoms with van der Waals surface area (Å²) in [7, 11) is 1.97. The molecule has 0 N–H and O–H groups in total. The molecule has 2 aliphatic carbocycles. The molecule has 2 aromatic rings. The van der Waals surface area contributed by atoms with Crippen molar-refractivity contribution in [2.75, 3.05) is 0 Å². The minimum absolute atomic E-state index is 0.499. The molecule has 1 heterocycles. The maximum Gasteiger partial charge on any atom is 0.203 e. The SMILES string of the molecule is Cn1nc(-c2ccc(C#N)cc2)s/c1=N\C1CC2CCC1C2. The number of aryl methyl sites for hydroxylation is 1. The molecule has 3 atom stereocenters. The summed E-state index contributed by atoms with van der Waals surface area (Å²) in [6.45, 7) is 0. The molecule has 0 saturated heterocycles. The number of hydrogen-bond donors (Lipinski definition) is 0. The van der Waals surface area contributed by atoms with Crippen molar-refractivity contribution < 1.29 is 0 Å². The highest BCUT2D eigenvalue weighted by atomic mass is 32.1. The van der Waals surface area contributed by atoms with Crippen LogP contribution in [0.5, 0.6) is 0 Å². The van der Waals surface area contributed by atoms with Crippen LogP contribution in [0, 0.1) is 23.2 Å². The van der Waals surface area contributed by atoms with Crippen LogP contribution in [-0.2, 0) is 7.05 Å². The second kappa shape index (κ2) is 5.36. The van der Waals surface area contributed by atoms with Crippen LogP contribution < -0.4 is 4.80 Å². The van der Waals surface area contributed by atoms with Crippen molar-refractivity contribution in [3.8, 4) is 16.6 Å². The molecule has 0 spiro atoms. The first-order valence-corrected chi connectivity index (χ1v) is 8.63. The largest absolute Gasteiger partial charge is 0.254 e. The second-order valence-corrected chi connectivity index (χ2v) is 7.33. The molecule has 1 aromatic carbocycles. The minimum Gasteiger partial charge on any atom is -0.254 e. The van der Waals surface area contributed by atoms with E-state index in [0.717, 1.165) is 27.2 Å². The molecule has 2 fully saturated rings. The molecule has 22 heavy (non-hydrogen) atoms. The highest BCUT2D eigenvalue weighted by Gasteiger charge is 2.39. The van der Waals surface area contributed by atoms with Gasteiger partial charge in [-0.2, -0.15) is 10.4 Å². The fourth-order valence-corrected chi connectivity index (χ4v) is 4.73. The summed E-state index contributed by atoms with van der Waals surface area (Å²) in [6, 6.07) is 10.2. The first kappa shape index (κ1) is 13.7. The Morgan fingerprint density at radius 3 is 2.73 bits per heavy atom. The van der Waals surface area contributed by atoms with E-state index in [9.17, 15) is 0 Å². The average Bonchev–Trinajstić information content (AvgIpc) is 3.24. The summed E-state index contributed by atoms with van der Waals surface area (Å²) < 4.78 is 1.89. The van der Waals surface area contributed by atoms with E-state index in [0.29, 0.717) is 11.6 Å². The number of aromatic nitrogens is 2. The lowest BCUT2D eigenvalue weighted by Gasteiger charge is -2.16. The normalized spacial score (nSPS) is 27.3. The van der Waals surface area contributed by atoms with Crippen molar-refractivity contribution in [1.29, 1.82) is 5.26 Å². The number of rotatable bonds is 2. The van der Waals surface area contributed by atoms with Crippen LogP contribution in [0.3, 0.4) is 0 Å². The number of nitrogens with zero attached hydrogens (tertiary/aromatic N) is 4. The quantitative estimate of drug-likeness (QED) is 0.856. The van der Waals surface area contributed by atoms with Crippen LogP contribution in [0.4, 0.5) is 0 Å². The maximum absolute atomic E-state index is 8.88. The molecule has 2 aliphatic rings. The standard InChI is InChI=1S/C17H18N4S/c1-21-17(19-15-9-12-4-7-14(15)8-12)22-16(20-21)13-5-2-11(10-18)3-6-13/h2-3,5-6,12,14-15H,4,7-9H2,1H3/b19-17-. The average molecular weight is 310 g/mol. The van der Waals surface area contributed by atoms with Gasteiger partial charge in [-0.25, -0.2) is 4.68 Å². The summed E-state index contributed by atoms with van der Waals surface area (Å²) in [6.07, 6.45) is 5.39. The number of hydrogen-bond acceptors (Lipinski definition) is 4. The van der Waals surface area contributed by atoms with E-state index in [1.165, 1.54) is 25.7 Å². The molecule has 112 valence electrons. The van der Waals surface area contributed by atoms with E-state index in [4.69, 9.17) is 10.3 Å². The lowest BCUT2D eigenvalue weighted by atomic mass is 9.96. The van der Waals surface area contributed by atoms with Crippen molar-refractivity contribution in [2.45, 2.75) is 31.7 Å². The molecule has 1 aromatic heterocycles. The lowest BCUT2D eigenvalue weighted by molar-refractivity contribution is 0.411. The zero-order valence-corrected chi connectivity index (χ0v) is 13.4. The highest BCUT2D eigenvalue weighted by Crippen LogP contribution is 2.45. The Balaban J connectivity index is 1.65. The Labute approximate surface area is 133 Å². The van der Waals surface area contributed by atoms with Gasteiger partial charge >= 0.3 is 0 Å². The maximum atomic E-state index is 8.88. The number of nitriles is 1. The van der Waals surface area contributed by atoms with Crippen molar-refractivity contribution in [3.05, 3.63) is 34.6 Å². The summed E-state index contributed by atoms with van der Waals surface area (Å²) in [5, 5.41) is 14.4.